The summed E-state index contributed by atoms with van der Waals surface area (Å²) in [4.78, 5) is 6.79. The minimum absolute atomic E-state index is 0.0956. The van der Waals surface area contributed by atoms with Gasteiger partial charge in [0.2, 0.25) is 9.84 Å². The molecule has 7 heteroatoms. The zero-order valence-corrected chi connectivity index (χ0v) is 17.5. The number of sulfone groups is 1. The van der Waals surface area contributed by atoms with Crippen LogP contribution in [0.5, 0.6) is 0 Å². The third kappa shape index (κ3) is 3.68. The molecule has 0 bridgehead atoms. The summed E-state index contributed by atoms with van der Waals surface area (Å²) in [5.74, 6) is 0.612. The molecule has 0 unspecified atom stereocenters. The van der Waals surface area contributed by atoms with Crippen LogP contribution >= 0.6 is 11.6 Å². The maximum Gasteiger partial charge on any atom is 0.210 e. The van der Waals surface area contributed by atoms with E-state index < -0.39 is 9.84 Å². The van der Waals surface area contributed by atoms with Crippen molar-refractivity contribution in [3.05, 3.63) is 59.2 Å². The highest BCUT2D eigenvalue weighted by molar-refractivity contribution is 7.91. The molecule has 1 fully saturated rings. The Kier molecular flexibility index (Phi) is 5.20. The predicted molar refractivity (Wildman–Crippen MR) is 114 cm³/mol. The van der Waals surface area contributed by atoms with Crippen LogP contribution in [0.4, 0.5) is 5.69 Å². The average Bonchev–Trinajstić information content (AvgIpc) is 2.73. The molecular weight excluding hydrogens is 406 g/mol. The molecule has 0 N–H and O–H groups in total. The van der Waals surface area contributed by atoms with Gasteiger partial charge in [0.15, 0.2) is 0 Å². The van der Waals surface area contributed by atoms with Crippen LogP contribution in [0.15, 0.2) is 58.5 Å². The molecule has 29 heavy (non-hydrogen) atoms. The van der Waals surface area contributed by atoms with Crippen molar-refractivity contribution in [2.75, 3.05) is 18.0 Å². The number of hydrogen-bond donors (Lipinski definition) is 0. The van der Waals surface area contributed by atoms with Crippen molar-refractivity contribution >= 4 is 38.0 Å². The Morgan fingerprint density at radius 3 is 2.66 bits per heavy atom. The number of hydrogen-bond acceptors (Lipinski definition) is 5. The number of piperidine rings is 1. The Morgan fingerprint density at radius 2 is 1.93 bits per heavy atom. The molecule has 1 aromatic heterocycles. The van der Waals surface area contributed by atoms with Gasteiger partial charge in [0, 0.05) is 29.7 Å². The van der Waals surface area contributed by atoms with Gasteiger partial charge in [-0.05, 0) is 55.2 Å². The largest absolute Gasteiger partial charge is 0.370 e. The van der Waals surface area contributed by atoms with Gasteiger partial charge in [0.25, 0.3) is 0 Å². The zero-order chi connectivity index (χ0) is 20.6. The number of rotatable bonds is 3. The molecule has 0 aliphatic carbocycles. The third-order valence-corrected chi connectivity index (χ3v) is 7.42. The first-order valence-electron chi connectivity index (χ1n) is 9.48. The van der Waals surface area contributed by atoms with Gasteiger partial charge in [-0.25, -0.2) is 8.42 Å². The van der Waals surface area contributed by atoms with Crippen molar-refractivity contribution in [2.45, 2.75) is 29.6 Å². The summed E-state index contributed by atoms with van der Waals surface area (Å²) >= 11 is 6.13. The number of aromatic nitrogens is 1. The summed E-state index contributed by atoms with van der Waals surface area (Å²) in [6, 6.07) is 13.4. The van der Waals surface area contributed by atoms with E-state index in [2.05, 4.69) is 16.8 Å². The first-order chi connectivity index (χ1) is 13.9. The Balaban J connectivity index is 1.95. The Hall–Kier alpha value is -2.62. The normalized spacial score (nSPS) is 15.4. The molecule has 148 valence electrons. The number of fused-ring (bicyclic) bond motifs is 1. The fourth-order valence-corrected chi connectivity index (χ4v) is 5.39. The Morgan fingerprint density at radius 1 is 1.17 bits per heavy atom. The van der Waals surface area contributed by atoms with Crippen LogP contribution in [-0.2, 0) is 9.84 Å². The molecule has 0 saturated carbocycles. The van der Waals surface area contributed by atoms with Gasteiger partial charge in [-0.2, -0.15) is 5.26 Å². The quantitative estimate of drug-likeness (QED) is 0.600. The molecule has 0 atom stereocenters. The average molecular weight is 426 g/mol. The number of anilines is 1. The molecule has 0 radical (unpaired) electrons. The van der Waals surface area contributed by atoms with E-state index in [0.29, 0.717) is 27.7 Å². The van der Waals surface area contributed by atoms with E-state index in [1.807, 2.05) is 12.1 Å². The number of nitriles is 1. The van der Waals surface area contributed by atoms with Crippen LogP contribution < -0.4 is 4.90 Å². The maximum atomic E-state index is 13.5. The van der Waals surface area contributed by atoms with Gasteiger partial charge in [0.1, 0.15) is 4.90 Å². The summed E-state index contributed by atoms with van der Waals surface area (Å²) in [6.07, 6.45) is 3.42. The second-order valence-corrected chi connectivity index (χ2v) is 9.80. The lowest BCUT2D eigenvalue weighted by molar-refractivity contribution is 0.437. The summed E-state index contributed by atoms with van der Waals surface area (Å²) in [6.45, 7) is 3.78. The molecule has 4 rings (SSSR count). The third-order valence-electron chi connectivity index (χ3n) is 5.43. The van der Waals surface area contributed by atoms with E-state index >= 15 is 0 Å². The maximum absolute atomic E-state index is 13.5. The lowest BCUT2D eigenvalue weighted by atomic mass is 9.98. The fourth-order valence-electron chi connectivity index (χ4n) is 3.75. The van der Waals surface area contributed by atoms with E-state index in [0.717, 1.165) is 31.3 Å². The van der Waals surface area contributed by atoms with Gasteiger partial charge in [-0.3, -0.25) is 4.98 Å². The molecular formula is C22H20ClN3O2S. The monoisotopic (exact) mass is 425 g/mol. The van der Waals surface area contributed by atoms with E-state index in [-0.39, 0.29) is 9.79 Å². The number of nitrogens with zero attached hydrogens (tertiary/aromatic N) is 3. The van der Waals surface area contributed by atoms with Crippen molar-refractivity contribution in [3.63, 3.8) is 0 Å². The van der Waals surface area contributed by atoms with Crippen molar-refractivity contribution in [2.24, 2.45) is 5.92 Å². The standard InChI is InChI=1S/C22H20ClN3O2S/c1-15-7-9-26(10-8-15)22-19-6-5-17(23)12-20(19)25-14-21(22)29(27,28)18-4-2-3-16(11-18)13-24/h2-6,11-12,14-15H,7-10H2,1H3. The molecule has 3 aromatic rings. The molecule has 1 aliphatic heterocycles. The highest BCUT2D eigenvalue weighted by Crippen LogP contribution is 2.38. The van der Waals surface area contributed by atoms with Gasteiger partial charge >= 0.3 is 0 Å². The SMILES string of the molecule is CC1CCN(c2c(S(=O)(=O)c3cccc(C#N)c3)cnc3cc(Cl)ccc23)CC1. The molecule has 1 aliphatic rings. The lowest BCUT2D eigenvalue weighted by Crippen LogP contribution is -2.34. The molecule has 2 heterocycles. The first kappa shape index (κ1) is 19.7. The van der Waals surface area contributed by atoms with Crippen LogP contribution in [0.25, 0.3) is 10.9 Å². The summed E-state index contributed by atoms with van der Waals surface area (Å²) < 4.78 is 27.1. The smallest absolute Gasteiger partial charge is 0.210 e. The highest BCUT2D eigenvalue weighted by atomic mass is 35.5. The minimum Gasteiger partial charge on any atom is -0.370 e. The van der Waals surface area contributed by atoms with Crippen LogP contribution in [0.3, 0.4) is 0 Å². The second-order valence-electron chi connectivity index (χ2n) is 7.45. The summed E-state index contributed by atoms with van der Waals surface area (Å²) in [5, 5.41) is 10.5. The van der Waals surface area contributed by atoms with E-state index in [4.69, 9.17) is 11.6 Å². The van der Waals surface area contributed by atoms with E-state index in [1.54, 1.807) is 24.3 Å². The van der Waals surface area contributed by atoms with Crippen molar-refractivity contribution in [1.82, 2.24) is 4.98 Å². The summed E-state index contributed by atoms with van der Waals surface area (Å²) in [7, 11) is -3.85. The zero-order valence-electron chi connectivity index (χ0n) is 16.0. The fraction of sp³-hybridized carbons (Fsp3) is 0.273. The van der Waals surface area contributed by atoms with Gasteiger partial charge in [-0.15, -0.1) is 0 Å². The van der Waals surface area contributed by atoms with Crippen LogP contribution in [-0.4, -0.2) is 26.5 Å². The number of halogens is 1. The van der Waals surface area contributed by atoms with Gasteiger partial charge in [0.05, 0.1) is 27.7 Å². The van der Waals surface area contributed by atoms with Crippen LogP contribution in [0.2, 0.25) is 5.02 Å². The number of benzene rings is 2. The Labute approximate surface area is 175 Å². The topological polar surface area (TPSA) is 74.1 Å². The minimum atomic E-state index is -3.85. The summed E-state index contributed by atoms with van der Waals surface area (Å²) in [5.41, 5.74) is 1.64. The molecule has 5 nitrogen and oxygen atoms in total. The van der Waals surface area contributed by atoms with Gasteiger partial charge < -0.3 is 4.90 Å². The van der Waals surface area contributed by atoms with Crippen LogP contribution in [0.1, 0.15) is 25.3 Å². The highest BCUT2D eigenvalue weighted by Gasteiger charge is 2.28. The molecule has 0 amide bonds. The predicted octanol–water partition coefficient (Wildman–Crippen LogP) is 4.83. The van der Waals surface area contributed by atoms with Crippen molar-refractivity contribution in [1.29, 1.82) is 5.26 Å². The lowest BCUT2D eigenvalue weighted by Gasteiger charge is -2.34. The molecule has 2 aromatic carbocycles. The molecule has 0 spiro atoms. The van der Waals surface area contributed by atoms with Gasteiger partial charge in [-0.1, -0.05) is 24.6 Å². The second kappa shape index (κ2) is 7.66. The van der Waals surface area contributed by atoms with Crippen molar-refractivity contribution in [3.8, 4) is 6.07 Å². The Bertz CT molecular complexity index is 1230. The first-order valence-corrected chi connectivity index (χ1v) is 11.3. The van der Waals surface area contributed by atoms with E-state index in [9.17, 15) is 13.7 Å². The number of pyridine rings is 1. The van der Waals surface area contributed by atoms with Crippen LogP contribution in [0, 0.1) is 17.2 Å². The molecule has 1 saturated heterocycles. The van der Waals surface area contributed by atoms with E-state index in [1.165, 1.54) is 18.3 Å². The van der Waals surface area contributed by atoms with Crippen molar-refractivity contribution < 1.29 is 8.42 Å².